The van der Waals surface area contributed by atoms with Crippen LogP contribution in [0.2, 0.25) is 0 Å². The van der Waals surface area contributed by atoms with Crippen molar-refractivity contribution in [3.8, 4) is 0 Å². The summed E-state index contributed by atoms with van der Waals surface area (Å²) >= 11 is 0. The molecule has 0 radical (unpaired) electrons. The lowest BCUT2D eigenvalue weighted by molar-refractivity contribution is 0.157. The second kappa shape index (κ2) is 13.2. The van der Waals surface area contributed by atoms with E-state index in [1.807, 2.05) is 6.92 Å². The average Bonchev–Trinajstić information content (AvgIpc) is 2.38. The Hall–Kier alpha value is -0.0900. The Kier molecular flexibility index (Phi) is 14.3. The molecule has 0 spiro atoms. The van der Waals surface area contributed by atoms with Crippen LogP contribution in [0, 0.1) is 5.41 Å². The Morgan fingerprint density at radius 2 is 1.88 bits per heavy atom. The fourth-order valence-electron chi connectivity index (χ4n) is 1.81. The molecule has 0 bridgehead atoms. The van der Waals surface area contributed by atoms with E-state index in [9.17, 15) is 8.42 Å². The largest absolute Gasteiger partial charge is 0.378 e. The molecule has 8 heteroatoms. The molecule has 0 aliphatic rings. The standard InChI is InChI=1S/C16H35N3O3S.HI/c1-7-17-15(19-14(2)8-9-16(3,4)5)18-10-11-22-12-13-23(6,20)21;/h14H,7-13H2,1-6H3,(H2,17,18,19);1H. The zero-order chi connectivity index (χ0) is 17.9. The first kappa shape index (κ1) is 26.1. The van der Waals surface area contributed by atoms with E-state index < -0.39 is 9.84 Å². The maximum atomic E-state index is 11.0. The van der Waals surface area contributed by atoms with E-state index in [0.717, 1.165) is 25.3 Å². The highest BCUT2D eigenvalue weighted by Crippen LogP contribution is 2.21. The normalized spacial score (nSPS) is 14.0. The smallest absolute Gasteiger partial charge is 0.191 e. The lowest BCUT2D eigenvalue weighted by Gasteiger charge is -2.23. The van der Waals surface area contributed by atoms with Crippen LogP contribution >= 0.6 is 24.0 Å². The van der Waals surface area contributed by atoms with Gasteiger partial charge in [0.05, 0.1) is 25.5 Å². The highest BCUT2D eigenvalue weighted by atomic mass is 127. The average molecular weight is 477 g/mol. The van der Waals surface area contributed by atoms with E-state index in [1.54, 1.807) is 0 Å². The Morgan fingerprint density at radius 3 is 2.38 bits per heavy atom. The second-order valence-electron chi connectivity index (χ2n) is 7.15. The van der Waals surface area contributed by atoms with Gasteiger partial charge in [-0.15, -0.1) is 24.0 Å². The monoisotopic (exact) mass is 477 g/mol. The number of guanidine groups is 1. The van der Waals surface area contributed by atoms with Crippen LogP contribution in [0.25, 0.3) is 0 Å². The number of ether oxygens (including phenoxy) is 1. The van der Waals surface area contributed by atoms with E-state index in [-0.39, 0.29) is 36.3 Å². The number of nitrogens with one attached hydrogen (secondary N) is 2. The number of hydrogen-bond acceptors (Lipinski definition) is 4. The van der Waals surface area contributed by atoms with Crippen LogP contribution < -0.4 is 10.6 Å². The molecule has 0 rings (SSSR count). The molecule has 0 aromatic carbocycles. The summed E-state index contributed by atoms with van der Waals surface area (Å²) in [5.41, 5.74) is 0.332. The van der Waals surface area contributed by atoms with Gasteiger partial charge in [-0.05, 0) is 32.1 Å². The summed E-state index contributed by atoms with van der Waals surface area (Å²) in [5.74, 6) is 0.833. The van der Waals surface area contributed by atoms with Crippen molar-refractivity contribution < 1.29 is 13.2 Å². The van der Waals surface area contributed by atoms with Crippen molar-refractivity contribution in [2.45, 2.75) is 53.5 Å². The van der Waals surface area contributed by atoms with Crippen LogP contribution in [0.15, 0.2) is 4.99 Å². The third-order valence-electron chi connectivity index (χ3n) is 3.16. The quantitative estimate of drug-likeness (QED) is 0.219. The lowest BCUT2D eigenvalue weighted by atomic mass is 9.89. The van der Waals surface area contributed by atoms with Crippen LogP contribution in [0.3, 0.4) is 0 Å². The van der Waals surface area contributed by atoms with Crippen molar-refractivity contribution in [1.82, 2.24) is 10.6 Å². The fourth-order valence-corrected chi connectivity index (χ4v) is 2.23. The van der Waals surface area contributed by atoms with Gasteiger partial charge < -0.3 is 15.4 Å². The summed E-state index contributed by atoms with van der Waals surface area (Å²) in [7, 11) is -2.96. The molecule has 1 unspecified atom stereocenters. The predicted octanol–water partition coefficient (Wildman–Crippen LogP) is 2.44. The molecule has 0 heterocycles. The van der Waals surface area contributed by atoms with Crippen molar-refractivity contribution in [3.05, 3.63) is 0 Å². The minimum absolute atomic E-state index is 0. The van der Waals surface area contributed by atoms with Gasteiger partial charge in [-0.25, -0.2) is 8.42 Å². The van der Waals surface area contributed by atoms with Crippen molar-refractivity contribution in [1.29, 1.82) is 0 Å². The molecule has 2 N–H and O–H groups in total. The summed E-state index contributed by atoms with van der Waals surface area (Å²) in [6.45, 7) is 12.9. The maximum absolute atomic E-state index is 11.0. The van der Waals surface area contributed by atoms with Crippen molar-refractivity contribution in [2.75, 3.05) is 38.3 Å². The highest BCUT2D eigenvalue weighted by molar-refractivity contribution is 14.0. The summed E-state index contributed by atoms with van der Waals surface area (Å²) in [4.78, 5) is 4.45. The minimum Gasteiger partial charge on any atom is -0.378 e. The van der Waals surface area contributed by atoms with Crippen LogP contribution in [-0.4, -0.2) is 58.7 Å². The van der Waals surface area contributed by atoms with Gasteiger partial charge in [0.1, 0.15) is 9.84 Å². The van der Waals surface area contributed by atoms with Gasteiger partial charge in [0, 0.05) is 18.8 Å². The SMILES string of the molecule is CCNC(=NCCOCCS(C)(=O)=O)NC(C)CCC(C)(C)C.I. The molecular weight excluding hydrogens is 441 g/mol. The topological polar surface area (TPSA) is 79.8 Å². The Morgan fingerprint density at radius 1 is 1.25 bits per heavy atom. The Balaban J connectivity index is 0. The van der Waals surface area contributed by atoms with Gasteiger partial charge in [0.2, 0.25) is 0 Å². The molecule has 0 saturated carbocycles. The van der Waals surface area contributed by atoms with E-state index in [1.165, 1.54) is 6.26 Å². The van der Waals surface area contributed by atoms with E-state index in [4.69, 9.17) is 4.74 Å². The molecule has 0 aliphatic heterocycles. The Bertz CT molecular complexity index is 448. The van der Waals surface area contributed by atoms with Gasteiger partial charge in [-0.3, -0.25) is 4.99 Å². The molecule has 146 valence electrons. The number of hydrogen-bond donors (Lipinski definition) is 2. The van der Waals surface area contributed by atoms with E-state index >= 15 is 0 Å². The zero-order valence-corrected chi connectivity index (χ0v) is 19.2. The summed E-state index contributed by atoms with van der Waals surface area (Å²) in [5, 5.41) is 6.61. The van der Waals surface area contributed by atoms with Crippen molar-refractivity contribution in [3.63, 3.8) is 0 Å². The van der Waals surface area contributed by atoms with Crippen LogP contribution in [0.1, 0.15) is 47.5 Å². The molecule has 0 fully saturated rings. The number of aliphatic imine (C=N–C) groups is 1. The third-order valence-corrected chi connectivity index (χ3v) is 4.07. The van der Waals surface area contributed by atoms with Crippen LogP contribution in [0.4, 0.5) is 0 Å². The van der Waals surface area contributed by atoms with E-state index in [2.05, 4.69) is 43.3 Å². The van der Waals surface area contributed by atoms with Crippen LogP contribution in [-0.2, 0) is 14.6 Å². The van der Waals surface area contributed by atoms with Crippen LogP contribution in [0.5, 0.6) is 0 Å². The number of rotatable bonds is 10. The van der Waals surface area contributed by atoms with Crippen molar-refractivity contribution >= 4 is 39.8 Å². The minimum atomic E-state index is -2.96. The number of nitrogens with zero attached hydrogens (tertiary/aromatic N) is 1. The van der Waals surface area contributed by atoms with Crippen molar-refractivity contribution in [2.24, 2.45) is 10.4 Å². The lowest BCUT2D eigenvalue weighted by Crippen LogP contribution is -2.42. The molecule has 0 aromatic heterocycles. The summed E-state index contributed by atoms with van der Waals surface area (Å²) in [6.07, 6.45) is 3.44. The molecular formula is C16H36IN3O3S. The van der Waals surface area contributed by atoms with Gasteiger partial charge in [0.15, 0.2) is 5.96 Å². The first-order chi connectivity index (χ1) is 10.5. The first-order valence-corrected chi connectivity index (χ1v) is 10.4. The predicted molar refractivity (Wildman–Crippen MR) is 113 cm³/mol. The fraction of sp³-hybridized carbons (Fsp3) is 0.938. The maximum Gasteiger partial charge on any atom is 0.191 e. The molecule has 24 heavy (non-hydrogen) atoms. The number of halogens is 1. The van der Waals surface area contributed by atoms with Gasteiger partial charge >= 0.3 is 0 Å². The molecule has 6 nitrogen and oxygen atoms in total. The molecule has 1 atom stereocenters. The molecule has 0 aromatic rings. The van der Waals surface area contributed by atoms with Gasteiger partial charge in [0.25, 0.3) is 0 Å². The first-order valence-electron chi connectivity index (χ1n) is 8.34. The molecule has 0 saturated heterocycles. The number of sulfone groups is 1. The summed E-state index contributed by atoms with van der Waals surface area (Å²) in [6, 6.07) is 0.346. The second-order valence-corrected chi connectivity index (χ2v) is 9.41. The molecule has 0 amide bonds. The summed E-state index contributed by atoms with van der Waals surface area (Å²) < 4.78 is 27.3. The zero-order valence-electron chi connectivity index (χ0n) is 16.0. The van der Waals surface area contributed by atoms with Gasteiger partial charge in [-0.1, -0.05) is 20.8 Å². The highest BCUT2D eigenvalue weighted by Gasteiger charge is 2.13. The Labute approximate surface area is 165 Å². The van der Waals surface area contributed by atoms with Gasteiger partial charge in [-0.2, -0.15) is 0 Å². The van der Waals surface area contributed by atoms with E-state index in [0.29, 0.717) is 24.6 Å². The third kappa shape index (κ3) is 18.3. The molecule has 0 aliphatic carbocycles.